The monoisotopic (exact) mass is 375 g/mol. The van der Waals surface area contributed by atoms with Crippen molar-refractivity contribution in [2.45, 2.75) is 30.7 Å². The summed E-state index contributed by atoms with van der Waals surface area (Å²) < 4.78 is 2.74. The number of nitrogen functional groups attached to an aromatic ring is 1. The third-order valence-corrected chi connectivity index (χ3v) is 4.46. The highest BCUT2D eigenvalue weighted by Gasteiger charge is 2.41. The van der Waals surface area contributed by atoms with Gasteiger partial charge in [0.15, 0.2) is 0 Å². The van der Waals surface area contributed by atoms with Gasteiger partial charge in [-0.2, -0.15) is 0 Å². The van der Waals surface area contributed by atoms with Crippen molar-refractivity contribution in [3.63, 3.8) is 0 Å². The van der Waals surface area contributed by atoms with Crippen LogP contribution in [0.3, 0.4) is 0 Å². The number of anilines is 1. The predicted molar refractivity (Wildman–Crippen MR) is 78.3 cm³/mol. The minimum atomic E-state index is -0.917. The molecule has 0 aromatic carbocycles. The Bertz CT molecular complexity index is 631. The molecule has 4 atom stereocenters. The van der Waals surface area contributed by atoms with Crippen molar-refractivity contribution >= 4 is 39.4 Å². The smallest absolute Gasteiger partial charge is 0.146 e. The van der Waals surface area contributed by atoms with Crippen LogP contribution in [0.15, 0.2) is 12.5 Å². The van der Waals surface area contributed by atoms with Crippen molar-refractivity contribution in [2.24, 2.45) is 5.73 Å². The van der Waals surface area contributed by atoms with Crippen molar-refractivity contribution in [3.8, 4) is 0 Å². The molecular formula is C11H14IN5O2. The van der Waals surface area contributed by atoms with E-state index in [-0.39, 0.29) is 6.04 Å². The molecule has 3 rings (SSSR count). The fraction of sp³-hybridized carbons (Fsp3) is 0.455. The van der Waals surface area contributed by atoms with Crippen LogP contribution < -0.4 is 11.5 Å². The van der Waals surface area contributed by atoms with Gasteiger partial charge in [0.25, 0.3) is 0 Å². The maximum Gasteiger partial charge on any atom is 0.146 e. The Hall–Kier alpha value is -0.970. The Balaban J connectivity index is 2.14. The number of hydrogen-bond acceptors (Lipinski definition) is 6. The van der Waals surface area contributed by atoms with E-state index in [2.05, 4.69) is 32.6 Å². The second kappa shape index (κ2) is 4.54. The van der Waals surface area contributed by atoms with E-state index in [0.29, 0.717) is 17.9 Å². The van der Waals surface area contributed by atoms with E-state index in [1.165, 1.54) is 6.33 Å². The highest BCUT2D eigenvalue weighted by atomic mass is 127. The molecule has 8 heteroatoms. The summed E-state index contributed by atoms with van der Waals surface area (Å²) in [6, 6.07) is -0.736. The molecule has 0 spiro atoms. The molecule has 0 bridgehead atoms. The Morgan fingerprint density at radius 2 is 2.05 bits per heavy atom. The average Bonchev–Trinajstić information content (AvgIpc) is 2.83. The van der Waals surface area contributed by atoms with Crippen molar-refractivity contribution in [1.82, 2.24) is 14.5 Å². The van der Waals surface area contributed by atoms with Gasteiger partial charge in [-0.15, -0.1) is 0 Å². The van der Waals surface area contributed by atoms with Crippen LogP contribution in [0.4, 0.5) is 5.82 Å². The summed E-state index contributed by atoms with van der Waals surface area (Å²) in [5, 5.41) is 20.6. The van der Waals surface area contributed by atoms with Crippen LogP contribution in [0.1, 0.15) is 12.5 Å². The molecule has 2 aromatic rings. The number of fused-ring (bicyclic) bond motifs is 1. The molecule has 1 saturated carbocycles. The minimum Gasteiger partial charge on any atom is -0.389 e. The lowest BCUT2D eigenvalue weighted by Crippen LogP contribution is -2.35. The Labute approximate surface area is 122 Å². The zero-order valence-electron chi connectivity index (χ0n) is 9.94. The van der Waals surface area contributed by atoms with Gasteiger partial charge in [0.1, 0.15) is 23.9 Å². The third kappa shape index (κ3) is 1.90. The molecule has 2 heterocycles. The highest BCUT2D eigenvalue weighted by Crippen LogP contribution is 2.35. The first-order valence-corrected chi connectivity index (χ1v) is 6.96. The van der Waals surface area contributed by atoms with Crippen LogP contribution in [0, 0.1) is 3.57 Å². The first-order chi connectivity index (χ1) is 9.00. The molecule has 19 heavy (non-hydrogen) atoms. The first-order valence-electron chi connectivity index (χ1n) is 5.89. The maximum atomic E-state index is 10.1. The van der Waals surface area contributed by atoms with Crippen molar-refractivity contribution in [2.75, 3.05) is 5.73 Å². The van der Waals surface area contributed by atoms with Gasteiger partial charge in [-0.3, -0.25) is 0 Å². The summed E-state index contributed by atoms with van der Waals surface area (Å²) in [6.07, 6.45) is 1.92. The molecule has 0 radical (unpaired) electrons. The lowest BCUT2D eigenvalue weighted by atomic mass is 10.2. The summed E-state index contributed by atoms with van der Waals surface area (Å²) in [6.45, 7) is 0. The predicted octanol–water partition coefficient (Wildman–Crippen LogP) is -0.388. The molecule has 102 valence electrons. The zero-order chi connectivity index (χ0) is 13.7. The molecule has 0 saturated heterocycles. The van der Waals surface area contributed by atoms with Gasteiger partial charge in [-0.25, -0.2) is 9.97 Å². The summed E-state index contributed by atoms with van der Waals surface area (Å²) in [5.41, 5.74) is 12.3. The van der Waals surface area contributed by atoms with E-state index in [9.17, 15) is 10.2 Å². The number of hydrogen-bond donors (Lipinski definition) is 4. The van der Waals surface area contributed by atoms with Crippen molar-refractivity contribution in [1.29, 1.82) is 0 Å². The fourth-order valence-corrected chi connectivity index (χ4v) is 3.45. The SMILES string of the molecule is Nc1ncnc2c1c(I)cn2[C@@H]1C[C@H](N)[C@@H](O)[C@H]1O. The van der Waals surface area contributed by atoms with E-state index >= 15 is 0 Å². The van der Waals surface area contributed by atoms with Crippen LogP contribution in [-0.2, 0) is 0 Å². The van der Waals surface area contributed by atoms with Gasteiger partial charge < -0.3 is 26.2 Å². The molecule has 1 aliphatic rings. The standard InChI is InChI=1S/C11H14IN5O2/c12-4-2-17(6-1-5(13)8(18)9(6)19)11-7(4)10(14)15-3-16-11/h2-3,5-6,8-9,18-19H,1,13H2,(H2,14,15,16)/t5-,6+,8+,9-/m0/s1. The summed E-state index contributed by atoms with van der Waals surface area (Å²) in [4.78, 5) is 8.19. The van der Waals surface area contributed by atoms with Gasteiger partial charge in [0, 0.05) is 15.8 Å². The van der Waals surface area contributed by atoms with E-state index < -0.39 is 18.2 Å². The van der Waals surface area contributed by atoms with Crippen molar-refractivity contribution in [3.05, 3.63) is 16.1 Å². The van der Waals surface area contributed by atoms with Gasteiger partial charge in [-0.05, 0) is 29.0 Å². The number of nitrogens with two attached hydrogens (primary N) is 2. The summed E-state index contributed by atoms with van der Waals surface area (Å²) in [5.74, 6) is 0.408. The molecule has 0 unspecified atom stereocenters. The first kappa shape index (κ1) is 13.0. The Kier molecular flexibility index (Phi) is 3.12. The number of nitrogens with zero attached hydrogens (tertiary/aromatic N) is 3. The summed E-state index contributed by atoms with van der Waals surface area (Å²) in [7, 11) is 0. The number of halogens is 1. The fourth-order valence-electron chi connectivity index (χ4n) is 2.63. The Morgan fingerprint density at radius 3 is 2.68 bits per heavy atom. The third-order valence-electron chi connectivity index (χ3n) is 3.65. The van der Waals surface area contributed by atoms with Crippen LogP contribution in [0.5, 0.6) is 0 Å². The average molecular weight is 375 g/mol. The number of aromatic nitrogens is 3. The van der Waals surface area contributed by atoms with Gasteiger partial charge >= 0.3 is 0 Å². The van der Waals surface area contributed by atoms with Gasteiger partial charge in [0.05, 0.1) is 17.5 Å². The largest absolute Gasteiger partial charge is 0.389 e. The van der Waals surface area contributed by atoms with E-state index in [1.807, 2.05) is 10.8 Å². The molecule has 2 aromatic heterocycles. The second-order valence-corrected chi connectivity index (χ2v) is 5.95. The van der Waals surface area contributed by atoms with E-state index in [4.69, 9.17) is 11.5 Å². The lowest BCUT2D eigenvalue weighted by Gasteiger charge is -2.18. The molecule has 1 fully saturated rings. The van der Waals surface area contributed by atoms with Crippen LogP contribution in [0.2, 0.25) is 0 Å². The minimum absolute atomic E-state index is 0.301. The normalized spacial score (nSPS) is 31.2. The second-order valence-electron chi connectivity index (χ2n) is 4.79. The van der Waals surface area contributed by atoms with Crippen LogP contribution in [-0.4, -0.2) is 43.0 Å². The number of aliphatic hydroxyl groups excluding tert-OH is 2. The van der Waals surface area contributed by atoms with E-state index in [0.717, 1.165) is 8.96 Å². The van der Waals surface area contributed by atoms with Gasteiger partial charge in [0.2, 0.25) is 0 Å². The topological polar surface area (TPSA) is 123 Å². The maximum absolute atomic E-state index is 10.1. The molecule has 7 nitrogen and oxygen atoms in total. The molecule has 6 N–H and O–H groups in total. The molecule has 0 aliphatic heterocycles. The van der Waals surface area contributed by atoms with Crippen LogP contribution >= 0.6 is 22.6 Å². The quantitative estimate of drug-likeness (QED) is 0.504. The van der Waals surface area contributed by atoms with Crippen molar-refractivity contribution < 1.29 is 10.2 Å². The molecular weight excluding hydrogens is 361 g/mol. The zero-order valence-corrected chi connectivity index (χ0v) is 12.1. The molecule has 0 amide bonds. The van der Waals surface area contributed by atoms with E-state index in [1.54, 1.807) is 0 Å². The number of aliphatic hydroxyl groups is 2. The van der Waals surface area contributed by atoms with Gasteiger partial charge in [-0.1, -0.05) is 0 Å². The lowest BCUT2D eigenvalue weighted by molar-refractivity contribution is 0.0187. The summed E-state index contributed by atoms with van der Waals surface area (Å²) >= 11 is 2.15. The Morgan fingerprint density at radius 1 is 1.32 bits per heavy atom. The number of rotatable bonds is 1. The highest BCUT2D eigenvalue weighted by molar-refractivity contribution is 14.1. The molecule has 1 aliphatic carbocycles. The van der Waals surface area contributed by atoms with Crippen LogP contribution in [0.25, 0.3) is 11.0 Å².